The molecule has 2 rings (SSSR count). The third-order valence-corrected chi connectivity index (χ3v) is 3.80. The van der Waals surface area contributed by atoms with Crippen LogP contribution in [0.15, 0.2) is 34.8 Å². The molecule has 0 fully saturated rings. The van der Waals surface area contributed by atoms with Crippen molar-refractivity contribution in [3.05, 3.63) is 56.2 Å². The van der Waals surface area contributed by atoms with Crippen LogP contribution in [0, 0.1) is 17.1 Å². The zero-order valence-electron chi connectivity index (χ0n) is 9.25. The minimum absolute atomic E-state index is 0.00994. The molecule has 2 nitrogen and oxygen atoms in total. The Bertz CT molecular complexity index is 685. The molecule has 0 saturated heterocycles. The van der Waals surface area contributed by atoms with E-state index in [1.54, 1.807) is 12.1 Å². The lowest BCUT2D eigenvalue weighted by molar-refractivity contribution is 0.440. The number of hydrogen-bond donors (Lipinski definition) is 0. The monoisotopic (exact) mass is 359 g/mol. The fourth-order valence-corrected chi connectivity index (χ4v) is 2.07. The first-order valence-electron chi connectivity index (χ1n) is 5.04. The van der Waals surface area contributed by atoms with Crippen LogP contribution in [0.2, 0.25) is 10.0 Å². The molecule has 0 aliphatic heterocycles. The molecule has 0 aliphatic rings. The fourth-order valence-electron chi connectivity index (χ4n) is 1.36. The summed E-state index contributed by atoms with van der Waals surface area (Å²) in [6.07, 6.45) is 0. The summed E-state index contributed by atoms with van der Waals surface area (Å²) in [5, 5.41) is 9.47. The fraction of sp³-hybridized carbons (Fsp3) is 0. The smallest absolute Gasteiger partial charge is 0.181 e. The Kier molecular flexibility index (Phi) is 4.31. The Labute approximate surface area is 127 Å². The van der Waals surface area contributed by atoms with Gasteiger partial charge in [0.2, 0.25) is 0 Å². The normalized spacial score (nSPS) is 10.1. The van der Waals surface area contributed by atoms with Crippen molar-refractivity contribution in [2.75, 3.05) is 0 Å². The molecule has 0 aliphatic carbocycles. The highest BCUT2D eigenvalue weighted by molar-refractivity contribution is 9.10. The highest BCUT2D eigenvalue weighted by Crippen LogP contribution is 2.33. The first kappa shape index (κ1) is 14.1. The van der Waals surface area contributed by atoms with E-state index in [2.05, 4.69) is 15.9 Å². The molecule has 2 aromatic rings. The maximum atomic E-state index is 13.9. The lowest BCUT2D eigenvalue weighted by atomic mass is 10.2. The van der Waals surface area contributed by atoms with E-state index in [1.807, 2.05) is 6.07 Å². The molecule has 0 bridgehead atoms. The molecule has 0 radical (unpaired) electrons. The molecule has 19 heavy (non-hydrogen) atoms. The number of hydrogen-bond acceptors (Lipinski definition) is 2. The van der Waals surface area contributed by atoms with Crippen molar-refractivity contribution in [1.82, 2.24) is 0 Å². The highest BCUT2D eigenvalue weighted by atomic mass is 79.9. The zero-order chi connectivity index (χ0) is 14.0. The number of ether oxygens (including phenoxy) is 1. The van der Waals surface area contributed by atoms with Gasteiger partial charge in [-0.1, -0.05) is 23.2 Å². The summed E-state index contributed by atoms with van der Waals surface area (Å²) in [4.78, 5) is 0. The summed E-state index contributed by atoms with van der Waals surface area (Å²) in [6, 6.07) is 9.30. The van der Waals surface area contributed by atoms with Crippen LogP contribution in [-0.4, -0.2) is 0 Å². The Morgan fingerprint density at radius 1 is 1.16 bits per heavy atom. The summed E-state index contributed by atoms with van der Waals surface area (Å²) in [5.41, 5.74) is 0.194. The molecule has 0 unspecified atom stereocenters. The van der Waals surface area contributed by atoms with Crippen molar-refractivity contribution in [2.45, 2.75) is 0 Å². The second-order valence-electron chi connectivity index (χ2n) is 3.53. The molecule has 0 spiro atoms. The van der Waals surface area contributed by atoms with Crippen molar-refractivity contribution in [2.24, 2.45) is 0 Å². The van der Waals surface area contributed by atoms with Crippen LogP contribution in [0.3, 0.4) is 0 Å². The van der Waals surface area contributed by atoms with Crippen LogP contribution in [0.5, 0.6) is 11.5 Å². The molecule has 6 heteroatoms. The molecule has 0 heterocycles. The minimum atomic E-state index is -0.648. The van der Waals surface area contributed by atoms with Crippen LogP contribution in [0.4, 0.5) is 4.39 Å². The SMILES string of the molecule is N#Cc1ccc(Oc2ccc(Cl)c(Cl)c2)c(F)c1Br. The number of nitriles is 1. The van der Waals surface area contributed by atoms with Gasteiger partial charge in [-0.05, 0) is 40.2 Å². The summed E-state index contributed by atoms with van der Waals surface area (Å²) in [7, 11) is 0. The van der Waals surface area contributed by atoms with Crippen LogP contribution < -0.4 is 4.74 Å². The zero-order valence-corrected chi connectivity index (χ0v) is 12.4. The number of benzene rings is 2. The topological polar surface area (TPSA) is 33.0 Å². The number of halogens is 4. The van der Waals surface area contributed by atoms with Gasteiger partial charge in [-0.3, -0.25) is 0 Å². The average Bonchev–Trinajstić information content (AvgIpc) is 2.40. The first-order valence-corrected chi connectivity index (χ1v) is 6.59. The number of nitrogens with zero attached hydrogens (tertiary/aromatic N) is 1. The molecule has 0 amide bonds. The summed E-state index contributed by atoms with van der Waals surface area (Å²) in [6.45, 7) is 0. The van der Waals surface area contributed by atoms with Gasteiger partial charge in [0.1, 0.15) is 11.8 Å². The van der Waals surface area contributed by atoms with E-state index in [-0.39, 0.29) is 15.8 Å². The van der Waals surface area contributed by atoms with Crippen LogP contribution in [-0.2, 0) is 0 Å². The van der Waals surface area contributed by atoms with E-state index in [1.165, 1.54) is 18.2 Å². The molecule has 0 atom stereocenters. The van der Waals surface area contributed by atoms with Gasteiger partial charge in [-0.15, -0.1) is 0 Å². The molecular formula is C13H5BrCl2FNO. The lowest BCUT2D eigenvalue weighted by Crippen LogP contribution is -1.91. The van der Waals surface area contributed by atoms with Crippen molar-refractivity contribution in [3.8, 4) is 17.6 Å². The minimum Gasteiger partial charge on any atom is -0.454 e. The van der Waals surface area contributed by atoms with E-state index in [4.69, 9.17) is 33.2 Å². The van der Waals surface area contributed by atoms with Crippen molar-refractivity contribution >= 4 is 39.1 Å². The number of rotatable bonds is 2. The second kappa shape index (κ2) is 5.79. The van der Waals surface area contributed by atoms with Crippen LogP contribution in [0.1, 0.15) is 5.56 Å². The van der Waals surface area contributed by atoms with Gasteiger partial charge in [-0.25, -0.2) is 4.39 Å². The van der Waals surface area contributed by atoms with Gasteiger partial charge in [0.05, 0.1) is 20.1 Å². The maximum Gasteiger partial charge on any atom is 0.181 e. The quantitative estimate of drug-likeness (QED) is 0.702. The highest BCUT2D eigenvalue weighted by Gasteiger charge is 2.13. The van der Waals surface area contributed by atoms with Crippen molar-refractivity contribution in [1.29, 1.82) is 5.26 Å². The first-order chi connectivity index (χ1) is 9.02. The van der Waals surface area contributed by atoms with E-state index in [9.17, 15) is 4.39 Å². The summed E-state index contributed by atoms with van der Waals surface area (Å²) in [5.74, 6) is -0.306. The lowest BCUT2D eigenvalue weighted by Gasteiger charge is -2.09. The molecule has 0 aromatic heterocycles. The third kappa shape index (κ3) is 3.01. The summed E-state index contributed by atoms with van der Waals surface area (Å²) < 4.78 is 19.4. The maximum absolute atomic E-state index is 13.9. The third-order valence-electron chi connectivity index (χ3n) is 2.29. The van der Waals surface area contributed by atoms with Gasteiger partial charge in [-0.2, -0.15) is 5.26 Å². The largest absolute Gasteiger partial charge is 0.454 e. The molecule has 0 N–H and O–H groups in total. The van der Waals surface area contributed by atoms with Gasteiger partial charge >= 0.3 is 0 Å². The van der Waals surface area contributed by atoms with E-state index >= 15 is 0 Å². The predicted octanol–water partition coefficient (Wildman–Crippen LogP) is 5.56. The van der Waals surface area contributed by atoms with Gasteiger partial charge in [0, 0.05) is 6.07 Å². The van der Waals surface area contributed by atoms with Crippen molar-refractivity contribution in [3.63, 3.8) is 0 Å². The van der Waals surface area contributed by atoms with Crippen molar-refractivity contribution < 1.29 is 9.13 Å². The van der Waals surface area contributed by atoms with E-state index < -0.39 is 5.82 Å². The van der Waals surface area contributed by atoms with Crippen LogP contribution >= 0.6 is 39.1 Å². The predicted molar refractivity (Wildman–Crippen MR) is 75.4 cm³/mol. The van der Waals surface area contributed by atoms with Gasteiger partial charge in [0.25, 0.3) is 0 Å². The van der Waals surface area contributed by atoms with E-state index in [0.29, 0.717) is 15.8 Å². The molecule has 0 saturated carbocycles. The van der Waals surface area contributed by atoms with Gasteiger partial charge in [0.15, 0.2) is 11.6 Å². The van der Waals surface area contributed by atoms with Gasteiger partial charge < -0.3 is 4.74 Å². The molecule has 2 aromatic carbocycles. The Balaban J connectivity index is 2.36. The van der Waals surface area contributed by atoms with E-state index in [0.717, 1.165) is 0 Å². The Morgan fingerprint density at radius 2 is 1.89 bits per heavy atom. The Morgan fingerprint density at radius 3 is 2.53 bits per heavy atom. The summed E-state index contributed by atoms with van der Waals surface area (Å²) >= 11 is 14.6. The standard InChI is InChI=1S/C13H5BrCl2FNO/c14-12-7(6-18)1-4-11(13(12)17)19-8-2-3-9(15)10(16)5-8/h1-5H. The average molecular weight is 361 g/mol. The Hall–Kier alpha value is -1.28. The van der Waals surface area contributed by atoms with Crippen LogP contribution in [0.25, 0.3) is 0 Å². The molecule has 96 valence electrons. The second-order valence-corrected chi connectivity index (χ2v) is 5.14. The molecular weight excluding hydrogens is 356 g/mol.